The van der Waals surface area contributed by atoms with Gasteiger partial charge < -0.3 is 15.0 Å². The van der Waals surface area contributed by atoms with Gasteiger partial charge in [0.25, 0.3) is 0 Å². The molecule has 0 saturated carbocycles. The van der Waals surface area contributed by atoms with Gasteiger partial charge in [0.2, 0.25) is 5.91 Å². The van der Waals surface area contributed by atoms with E-state index in [2.05, 4.69) is 10.2 Å². The average molecular weight is 280 g/mol. The number of nitrogens with one attached hydrogen (secondary N) is 1. The predicted octanol–water partition coefficient (Wildman–Crippen LogP) is 1.93. The van der Waals surface area contributed by atoms with E-state index >= 15 is 0 Å². The molecule has 0 aromatic carbocycles. The van der Waals surface area contributed by atoms with Crippen molar-refractivity contribution in [2.24, 2.45) is 5.92 Å². The Hall–Kier alpha value is -0.610. The quantitative estimate of drug-likeness (QED) is 0.855. The van der Waals surface area contributed by atoms with Crippen LogP contribution in [0, 0.1) is 5.92 Å². The Labute approximate surface area is 122 Å². The number of amides is 1. The van der Waals surface area contributed by atoms with E-state index in [1.165, 1.54) is 25.7 Å². The van der Waals surface area contributed by atoms with E-state index in [0.29, 0.717) is 30.0 Å². The van der Waals surface area contributed by atoms with Crippen LogP contribution in [0.1, 0.15) is 51.9 Å². The van der Waals surface area contributed by atoms with Gasteiger partial charge in [0.15, 0.2) is 0 Å². The third-order valence-corrected chi connectivity index (χ3v) is 5.23. The summed E-state index contributed by atoms with van der Waals surface area (Å²) in [6.07, 6.45) is 8.21. The second kappa shape index (κ2) is 6.44. The van der Waals surface area contributed by atoms with Crippen LogP contribution in [0.15, 0.2) is 0 Å². The molecule has 4 nitrogen and oxygen atoms in total. The fourth-order valence-electron chi connectivity index (χ4n) is 4.23. The minimum absolute atomic E-state index is 0.374. The zero-order chi connectivity index (χ0) is 13.9. The first-order valence-corrected chi connectivity index (χ1v) is 8.40. The number of hydrogen-bond acceptors (Lipinski definition) is 3. The summed E-state index contributed by atoms with van der Waals surface area (Å²) in [6.45, 7) is 4.61. The Morgan fingerprint density at radius 2 is 1.80 bits per heavy atom. The molecular weight excluding hydrogens is 252 g/mol. The van der Waals surface area contributed by atoms with E-state index in [-0.39, 0.29) is 0 Å². The molecule has 0 aromatic rings. The number of piperidine rings is 2. The van der Waals surface area contributed by atoms with Crippen molar-refractivity contribution in [1.82, 2.24) is 10.2 Å². The normalized spacial score (nSPS) is 34.5. The molecule has 0 radical (unpaired) electrons. The summed E-state index contributed by atoms with van der Waals surface area (Å²) in [4.78, 5) is 14.5. The van der Waals surface area contributed by atoms with Crippen LogP contribution < -0.4 is 5.32 Å². The third-order valence-electron chi connectivity index (χ3n) is 5.23. The summed E-state index contributed by atoms with van der Waals surface area (Å²) < 4.78 is 5.65. The fraction of sp³-hybridized carbons (Fsp3) is 0.938. The van der Waals surface area contributed by atoms with Crippen molar-refractivity contribution in [2.75, 3.05) is 19.7 Å². The zero-order valence-corrected chi connectivity index (χ0v) is 12.6. The standard InChI is InChI=1S/C16H28N2O2/c1-2-20-15-5-7-18(8-6-15)16(19)11-12-9-13-3-4-14(10-12)17-13/h12-15,17H,2-11H2,1H3. The molecule has 3 aliphatic heterocycles. The van der Waals surface area contributed by atoms with E-state index in [9.17, 15) is 4.79 Å². The Bertz CT molecular complexity index is 327. The number of rotatable bonds is 4. The molecule has 3 fully saturated rings. The number of hydrogen-bond donors (Lipinski definition) is 1. The summed E-state index contributed by atoms with van der Waals surface area (Å²) in [5, 5.41) is 3.65. The average Bonchev–Trinajstić information content (AvgIpc) is 2.79. The van der Waals surface area contributed by atoms with Gasteiger partial charge in [-0.3, -0.25) is 4.79 Å². The van der Waals surface area contributed by atoms with Crippen molar-refractivity contribution < 1.29 is 9.53 Å². The topological polar surface area (TPSA) is 41.6 Å². The smallest absolute Gasteiger partial charge is 0.222 e. The summed E-state index contributed by atoms with van der Waals surface area (Å²) in [5.74, 6) is 0.997. The maximum Gasteiger partial charge on any atom is 0.222 e. The molecule has 0 aliphatic carbocycles. The summed E-state index contributed by atoms with van der Waals surface area (Å²) in [6, 6.07) is 1.38. The molecule has 0 spiro atoms. The largest absolute Gasteiger partial charge is 0.378 e. The molecule has 3 aliphatic rings. The molecule has 20 heavy (non-hydrogen) atoms. The van der Waals surface area contributed by atoms with Gasteiger partial charge in [0, 0.05) is 38.2 Å². The highest BCUT2D eigenvalue weighted by Gasteiger charge is 2.35. The van der Waals surface area contributed by atoms with Crippen molar-refractivity contribution >= 4 is 5.91 Å². The minimum Gasteiger partial charge on any atom is -0.378 e. The van der Waals surface area contributed by atoms with E-state index in [1.54, 1.807) is 0 Å². The molecule has 1 amide bonds. The van der Waals surface area contributed by atoms with Crippen LogP contribution in [0.25, 0.3) is 0 Å². The minimum atomic E-state index is 0.374. The molecule has 0 aromatic heterocycles. The zero-order valence-electron chi connectivity index (χ0n) is 12.6. The van der Waals surface area contributed by atoms with Gasteiger partial charge in [-0.15, -0.1) is 0 Å². The van der Waals surface area contributed by atoms with Gasteiger partial charge in [0.05, 0.1) is 6.10 Å². The summed E-state index contributed by atoms with van der Waals surface area (Å²) in [7, 11) is 0. The fourth-order valence-corrected chi connectivity index (χ4v) is 4.23. The SMILES string of the molecule is CCOC1CCN(C(=O)CC2CC3CCC(C2)N3)CC1. The van der Waals surface area contributed by atoms with Gasteiger partial charge in [-0.2, -0.15) is 0 Å². The summed E-state index contributed by atoms with van der Waals surface area (Å²) >= 11 is 0. The van der Waals surface area contributed by atoms with Gasteiger partial charge in [0.1, 0.15) is 0 Å². The number of carbonyl (C=O) groups is 1. The van der Waals surface area contributed by atoms with Crippen molar-refractivity contribution in [3.63, 3.8) is 0 Å². The highest BCUT2D eigenvalue weighted by atomic mass is 16.5. The number of fused-ring (bicyclic) bond motifs is 2. The lowest BCUT2D eigenvalue weighted by atomic mass is 9.89. The molecule has 3 heterocycles. The monoisotopic (exact) mass is 280 g/mol. The maximum absolute atomic E-state index is 12.4. The van der Waals surface area contributed by atoms with E-state index in [4.69, 9.17) is 4.74 Å². The number of nitrogens with zero attached hydrogens (tertiary/aromatic N) is 1. The van der Waals surface area contributed by atoms with Crippen LogP contribution >= 0.6 is 0 Å². The Morgan fingerprint density at radius 3 is 2.40 bits per heavy atom. The maximum atomic E-state index is 12.4. The molecule has 3 rings (SSSR count). The molecule has 114 valence electrons. The van der Waals surface area contributed by atoms with Gasteiger partial charge in [-0.1, -0.05) is 0 Å². The van der Waals surface area contributed by atoms with E-state index in [1.807, 2.05) is 6.92 Å². The van der Waals surface area contributed by atoms with Crippen molar-refractivity contribution in [2.45, 2.75) is 70.1 Å². The van der Waals surface area contributed by atoms with Crippen LogP contribution in [0.4, 0.5) is 0 Å². The van der Waals surface area contributed by atoms with Crippen LogP contribution in [-0.4, -0.2) is 48.7 Å². The van der Waals surface area contributed by atoms with E-state index in [0.717, 1.165) is 39.0 Å². The first-order valence-electron chi connectivity index (χ1n) is 8.40. The van der Waals surface area contributed by atoms with Crippen molar-refractivity contribution in [3.05, 3.63) is 0 Å². The van der Waals surface area contributed by atoms with Gasteiger partial charge >= 0.3 is 0 Å². The van der Waals surface area contributed by atoms with Gasteiger partial charge in [-0.05, 0) is 51.4 Å². The number of carbonyl (C=O) groups excluding carboxylic acids is 1. The van der Waals surface area contributed by atoms with Crippen molar-refractivity contribution in [1.29, 1.82) is 0 Å². The highest BCUT2D eigenvalue weighted by molar-refractivity contribution is 5.76. The Balaban J connectivity index is 1.43. The van der Waals surface area contributed by atoms with Gasteiger partial charge in [-0.25, -0.2) is 0 Å². The van der Waals surface area contributed by atoms with Crippen LogP contribution in [-0.2, 0) is 9.53 Å². The number of ether oxygens (including phenoxy) is 1. The molecule has 2 bridgehead atoms. The Morgan fingerprint density at radius 1 is 1.15 bits per heavy atom. The van der Waals surface area contributed by atoms with Crippen LogP contribution in [0.2, 0.25) is 0 Å². The lowest BCUT2D eigenvalue weighted by Gasteiger charge is -2.34. The van der Waals surface area contributed by atoms with Crippen LogP contribution in [0.3, 0.4) is 0 Å². The van der Waals surface area contributed by atoms with E-state index < -0.39 is 0 Å². The molecule has 2 atom stereocenters. The third kappa shape index (κ3) is 3.34. The lowest BCUT2D eigenvalue weighted by Crippen LogP contribution is -2.43. The molecular formula is C16H28N2O2. The van der Waals surface area contributed by atoms with Crippen LogP contribution in [0.5, 0.6) is 0 Å². The summed E-state index contributed by atoms with van der Waals surface area (Å²) in [5.41, 5.74) is 0. The molecule has 3 saturated heterocycles. The molecule has 2 unspecified atom stereocenters. The lowest BCUT2D eigenvalue weighted by molar-refractivity contribution is -0.135. The number of likely N-dealkylation sites (tertiary alicyclic amines) is 1. The Kier molecular flexibility index (Phi) is 4.61. The van der Waals surface area contributed by atoms with Crippen molar-refractivity contribution in [3.8, 4) is 0 Å². The molecule has 4 heteroatoms. The molecule has 1 N–H and O–H groups in total. The second-order valence-corrected chi connectivity index (χ2v) is 6.71. The predicted molar refractivity (Wildman–Crippen MR) is 78.5 cm³/mol. The second-order valence-electron chi connectivity index (χ2n) is 6.71. The first-order chi connectivity index (χ1) is 9.74. The highest BCUT2D eigenvalue weighted by Crippen LogP contribution is 2.33. The first kappa shape index (κ1) is 14.3.